The van der Waals surface area contributed by atoms with Crippen molar-refractivity contribution in [3.05, 3.63) is 54.1 Å². The minimum absolute atomic E-state index is 0.0378. The van der Waals surface area contributed by atoms with E-state index >= 15 is 0 Å². The van der Waals surface area contributed by atoms with Crippen LogP contribution in [-0.4, -0.2) is 25.9 Å². The average Bonchev–Trinajstić information content (AvgIpc) is 2.80. The van der Waals surface area contributed by atoms with Gasteiger partial charge in [-0.2, -0.15) is 0 Å². The number of alkyl halides is 3. The van der Waals surface area contributed by atoms with Crippen LogP contribution < -0.4 is 14.5 Å². The van der Waals surface area contributed by atoms with Crippen molar-refractivity contribution in [3.63, 3.8) is 0 Å². The molecule has 11 heteroatoms. The number of benzene rings is 2. The predicted octanol–water partition coefficient (Wildman–Crippen LogP) is 2.73. The highest BCUT2D eigenvalue weighted by Gasteiger charge is 2.44. The molecule has 1 atom stereocenters. The second kappa shape index (κ2) is 6.74. The molecular weight excluding hydrogens is 389 g/mol. The van der Waals surface area contributed by atoms with Crippen LogP contribution in [-0.2, 0) is 14.8 Å². The van der Waals surface area contributed by atoms with Crippen LogP contribution in [0.2, 0.25) is 0 Å². The van der Waals surface area contributed by atoms with Crippen molar-refractivity contribution in [2.75, 3.05) is 4.31 Å². The lowest BCUT2D eigenvalue weighted by Crippen LogP contribution is -2.32. The topological polar surface area (TPSA) is 95.9 Å². The van der Waals surface area contributed by atoms with E-state index in [-0.39, 0.29) is 16.1 Å². The summed E-state index contributed by atoms with van der Waals surface area (Å²) in [6.07, 6.45) is -5.46. The van der Waals surface area contributed by atoms with Crippen LogP contribution in [0.5, 0.6) is 5.75 Å². The summed E-state index contributed by atoms with van der Waals surface area (Å²) in [7, 11) is -4.13. The number of para-hydroxylation sites is 1. The van der Waals surface area contributed by atoms with Crippen LogP contribution in [0, 0.1) is 0 Å². The van der Waals surface area contributed by atoms with Crippen LogP contribution in [0.25, 0.3) is 0 Å². The Morgan fingerprint density at radius 2 is 1.85 bits per heavy atom. The van der Waals surface area contributed by atoms with Gasteiger partial charge in [-0.05, 0) is 30.3 Å². The van der Waals surface area contributed by atoms with Crippen LogP contribution in [0.3, 0.4) is 0 Å². The molecule has 0 bridgehead atoms. The summed E-state index contributed by atoms with van der Waals surface area (Å²) in [5, 5.41) is 8.80. The maximum atomic E-state index is 12.9. The van der Waals surface area contributed by atoms with E-state index in [0.717, 1.165) is 22.5 Å². The first kappa shape index (κ1) is 19.0. The number of anilines is 1. The van der Waals surface area contributed by atoms with Crippen LogP contribution in [0.1, 0.15) is 18.0 Å². The molecule has 0 saturated heterocycles. The SMILES string of the molecule is O=C(CC1c2cc(OC(F)(F)F)ccc2S(=O)(=O)N1c1ccccc1)NO. The summed E-state index contributed by atoms with van der Waals surface area (Å²) < 4.78 is 68.1. The van der Waals surface area contributed by atoms with Gasteiger partial charge < -0.3 is 4.74 Å². The first-order valence-corrected chi connectivity index (χ1v) is 8.99. The third-order valence-electron chi connectivity index (χ3n) is 3.91. The molecule has 0 spiro atoms. The molecule has 1 aliphatic heterocycles. The van der Waals surface area contributed by atoms with E-state index < -0.39 is 40.5 Å². The molecule has 2 aromatic carbocycles. The highest BCUT2D eigenvalue weighted by atomic mass is 32.2. The Morgan fingerprint density at radius 3 is 2.44 bits per heavy atom. The van der Waals surface area contributed by atoms with E-state index in [4.69, 9.17) is 5.21 Å². The highest BCUT2D eigenvalue weighted by Crippen LogP contribution is 2.45. The zero-order chi connectivity index (χ0) is 19.8. The summed E-state index contributed by atoms with van der Waals surface area (Å²) >= 11 is 0. The van der Waals surface area contributed by atoms with Crippen LogP contribution in [0.15, 0.2) is 53.4 Å². The zero-order valence-electron chi connectivity index (χ0n) is 13.5. The van der Waals surface area contributed by atoms with Crippen molar-refractivity contribution in [3.8, 4) is 5.75 Å². The summed E-state index contributed by atoms with van der Waals surface area (Å²) in [5.41, 5.74) is 1.59. The molecule has 3 rings (SSSR count). The molecule has 0 radical (unpaired) electrons. The number of carbonyl (C=O) groups is 1. The number of halogens is 3. The Balaban J connectivity index is 2.14. The normalized spacial score (nSPS) is 18.1. The number of nitrogens with zero attached hydrogens (tertiary/aromatic N) is 1. The second-order valence-corrected chi connectivity index (χ2v) is 7.42. The number of ether oxygens (including phenoxy) is 1. The number of amides is 1. The fourth-order valence-electron chi connectivity index (χ4n) is 2.93. The Kier molecular flexibility index (Phi) is 4.74. The van der Waals surface area contributed by atoms with E-state index in [9.17, 15) is 26.4 Å². The van der Waals surface area contributed by atoms with Crippen molar-refractivity contribution in [1.82, 2.24) is 5.48 Å². The Bertz CT molecular complexity index is 964. The molecule has 2 N–H and O–H groups in total. The monoisotopic (exact) mass is 402 g/mol. The maximum Gasteiger partial charge on any atom is 0.573 e. The number of sulfonamides is 1. The minimum Gasteiger partial charge on any atom is -0.406 e. The average molecular weight is 402 g/mol. The van der Waals surface area contributed by atoms with Gasteiger partial charge in [0.15, 0.2) is 0 Å². The molecule has 0 aromatic heterocycles. The molecule has 0 fully saturated rings. The minimum atomic E-state index is -4.96. The standard InChI is InChI=1S/C16H13F3N2O5S/c17-16(18,19)26-11-6-7-14-12(8-11)13(9-15(22)20-23)21(27(14,24)25)10-4-2-1-3-5-10/h1-8,13,23H,9H2,(H,20,22). The van der Waals surface area contributed by atoms with Crippen LogP contribution >= 0.6 is 0 Å². The van der Waals surface area contributed by atoms with E-state index in [0.29, 0.717) is 0 Å². The molecule has 144 valence electrons. The number of rotatable bonds is 4. The quantitative estimate of drug-likeness (QED) is 0.606. The van der Waals surface area contributed by atoms with E-state index in [2.05, 4.69) is 4.74 Å². The van der Waals surface area contributed by atoms with Crippen molar-refractivity contribution in [2.45, 2.75) is 23.7 Å². The van der Waals surface area contributed by atoms with Gasteiger partial charge in [-0.15, -0.1) is 13.2 Å². The molecule has 1 heterocycles. The smallest absolute Gasteiger partial charge is 0.406 e. The molecule has 2 aromatic rings. The van der Waals surface area contributed by atoms with Gasteiger partial charge in [0, 0.05) is 5.56 Å². The summed E-state index contributed by atoms with van der Waals surface area (Å²) in [4.78, 5) is 11.4. The number of hydrogen-bond donors (Lipinski definition) is 2. The second-order valence-electron chi connectivity index (χ2n) is 5.64. The lowest BCUT2D eigenvalue weighted by atomic mass is 10.0. The summed E-state index contributed by atoms with van der Waals surface area (Å²) in [6.45, 7) is 0. The van der Waals surface area contributed by atoms with Gasteiger partial charge in [0.05, 0.1) is 23.0 Å². The Hall–Kier alpha value is -2.79. The molecule has 1 aliphatic rings. The van der Waals surface area contributed by atoms with Crippen molar-refractivity contribution >= 4 is 21.6 Å². The molecule has 27 heavy (non-hydrogen) atoms. The first-order valence-electron chi connectivity index (χ1n) is 7.55. The number of fused-ring (bicyclic) bond motifs is 1. The summed E-state index contributed by atoms with van der Waals surface area (Å²) in [6, 6.07) is 9.45. The van der Waals surface area contributed by atoms with Gasteiger partial charge in [0.1, 0.15) is 5.75 Å². The van der Waals surface area contributed by atoms with Crippen molar-refractivity contribution in [1.29, 1.82) is 0 Å². The third-order valence-corrected chi connectivity index (χ3v) is 5.82. The predicted molar refractivity (Wildman–Crippen MR) is 86.5 cm³/mol. The van der Waals surface area contributed by atoms with Crippen molar-refractivity contribution in [2.24, 2.45) is 0 Å². The van der Waals surface area contributed by atoms with E-state index in [1.165, 1.54) is 17.6 Å². The zero-order valence-corrected chi connectivity index (χ0v) is 14.3. The lowest BCUT2D eigenvalue weighted by Gasteiger charge is -2.25. The summed E-state index contributed by atoms with van der Waals surface area (Å²) in [5.74, 6) is -1.51. The van der Waals surface area contributed by atoms with Crippen LogP contribution in [0.4, 0.5) is 18.9 Å². The van der Waals surface area contributed by atoms with Gasteiger partial charge in [-0.25, -0.2) is 13.9 Å². The lowest BCUT2D eigenvalue weighted by molar-refractivity contribution is -0.274. The van der Waals surface area contributed by atoms with E-state index in [1.54, 1.807) is 18.2 Å². The third kappa shape index (κ3) is 3.69. The molecular formula is C16H13F3N2O5S. The van der Waals surface area contributed by atoms with Gasteiger partial charge in [-0.3, -0.25) is 14.3 Å². The van der Waals surface area contributed by atoms with E-state index in [1.807, 2.05) is 0 Å². The fourth-order valence-corrected chi connectivity index (χ4v) is 4.79. The highest BCUT2D eigenvalue weighted by molar-refractivity contribution is 7.93. The van der Waals surface area contributed by atoms with Gasteiger partial charge in [0.25, 0.3) is 10.0 Å². The number of nitrogens with one attached hydrogen (secondary N) is 1. The first-order chi connectivity index (χ1) is 12.6. The largest absolute Gasteiger partial charge is 0.573 e. The maximum absolute atomic E-state index is 12.9. The number of hydroxylamine groups is 1. The molecule has 0 aliphatic carbocycles. The number of hydrogen-bond acceptors (Lipinski definition) is 5. The molecule has 0 saturated carbocycles. The Morgan fingerprint density at radius 1 is 1.19 bits per heavy atom. The molecule has 1 unspecified atom stereocenters. The Labute approximate surface area is 152 Å². The fraction of sp³-hybridized carbons (Fsp3) is 0.188. The molecule has 1 amide bonds. The van der Waals surface area contributed by atoms with Gasteiger partial charge in [0.2, 0.25) is 5.91 Å². The van der Waals surface area contributed by atoms with Gasteiger partial charge in [-0.1, -0.05) is 18.2 Å². The number of carbonyl (C=O) groups excluding carboxylic acids is 1. The molecule has 7 nitrogen and oxygen atoms in total. The van der Waals surface area contributed by atoms with Crippen molar-refractivity contribution < 1.29 is 36.3 Å². The van der Waals surface area contributed by atoms with Gasteiger partial charge >= 0.3 is 6.36 Å².